The topological polar surface area (TPSA) is 12.0 Å². The standard InChI is InChI=1S/C4H7NS2/c1-4(6)5-2-3-7-4/h2-3,5-6H,1H3. The Kier molecular flexibility index (Phi) is 1.26. The molecule has 0 radical (unpaired) electrons. The van der Waals surface area contributed by atoms with Crippen molar-refractivity contribution < 1.29 is 0 Å². The fourth-order valence-electron chi connectivity index (χ4n) is 0.389. The molecule has 1 heterocycles. The van der Waals surface area contributed by atoms with Gasteiger partial charge in [0, 0.05) is 6.20 Å². The average Bonchev–Trinajstić information content (AvgIpc) is 1.84. The van der Waals surface area contributed by atoms with E-state index in [2.05, 4.69) is 17.9 Å². The summed E-state index contributed by atoms with van der Waals surface area (Å²) in [5, 5.41) is 5.04. The first-order chi connectivity index (χ1) is 3.21. The number of nitrogens with one attached hydrogen (secondary N) is 1. The summed E-state index contributed by atoms with van der Waals surface area (Å²) < 4.78 is -0.0556. The van der Waals surface area contributed by atoms with Gasteiger partial charge in [0.1, 0.15) is 4.20 Å². The first-order valence-corrected chi connectivity index (χ1v) is 3.36. The maximum Gasteiger partial charge on any atom is 0.128 e. The van der Waals surface area contributed by atoms with Gasteiger partial charge in [-0.05, 0) is 12.3 Å². The van der Waals surface area contributed by atoms with Crippen molar-refractivity contribution in [2.24, 2.45) is 0 Å². The zero-order valence-corrected chi connectivity index (χ0v) is 5.72. The molecule has 0 bridgehead atoms. The lowest BCUT2D eigenvalue weighted by Gasteiger charge is -2.14. The van der Waals surface area contributed by atoms with E-state index in [1.807, 2.05) is 18.5 Å². The molecular formula is C4H7NS2. The Hall–Kier alpha value is 0.240. The first-order valence-electron chi connectivity index (χ1n) is 2.04. The fraction of sp³-hybridized carbons (Fsp3) is 0.500. The van der Waals surface area contributed by atoms with E-state index in [9.17, 15) is 0 Å². The van der Waals surface area contributed by atoms with Gasteiger partial charge in [-0.3, -0.25) is 0 Å². The quantitative estimate of drug-likeness (QED) is 0.484. The monoisotopic (exact) mass is 133 g/mol. The van der Waals surface area contributed by atoms with E-state index >= 15 is 0 Å². The van der Waals surface area contributed by atoms with Crippen molar-refractivity contribution in [3.05, 3.63) is 11.6 Å². The molecule has 0 amide bonds. The second-order valence-corrected chi connectivity index (χ2v) is 4.07. The van der Waals surface area contributed by atoms with E-state index in [0.29, 0.717) is 0 Å². The highest BCUT2D eigenvalue weighted by Gasteiger charge is 2.18. The summed E-state index contributed by atoms with van der Waals surface area (Å²) in [6.45, 7) is 2.01. The molecule has 0 aromatic heterocycles. The number of thioether (sulfide) groups is 1. The maximum atomic E-state index is 4.24. The molecule has 1 atom stereocenters. The Labute approximate surface area is 53.0 Å². The highest BCUT2D eigenvalue weighted by molar-refractivity contribution is 8.13. The van der Waals surface area contributed by atoms with Crippen LogP contribution in [0, 0.1) is 0 Å². The Morgan fingerprint density at radius 2 is 2.57 bits per heavy atom. The van der Waals surface area contributed by atoms with Crippen LogP contribution in [0.15, 0.2) is 11.6 Å². The van der Waals surface area contributed by atoms with Crippen LogP contribution in [0.4, 0.5) is 0 Å². The van der Waals surface area contributed by atoms with Crippen LogP contribution < -0.4 is 5.32 Å². The van der Waals surface area contributed by atoms with Crippen LogP contribution >= 0.6 is 24.4 Å². The number of rotatable bonds is 0. The van der Waals surface area contributed by atoms with Crippen molar-refractivity contribution in [1.29, 1.82) is 0 Å². The Bertz CT molecular complexity index is 87.9. The molecule has 1 unspecified atom stereocenters. The van der Waals surface area contributed by atoms with Crippen LogP contribution in [0.3, 0.4) is 0 Å². The highest BCUT2D eigenvalue weighted by atomic mass is 32.2. The molecule has 1 nitrogen and oxygen atoms in total. The van der Waals surface area contributed by atoms with Crippen molar-refractivity contribution in [2.75, 3.05) is 0 Å². The van der Waals surface area contributed by atoms with Gasteiger partial charge in [0.25, 0.3) is 0 Å². The minimum absolute atomic E-state index is 0.0556. The minimum Gasteiger partial charge on any atom is -0.368 e. The first kappa shape index (κ1) is 5.38. The third-order valence-corrected chi connectivity index (χ3v) is 2.01. The summed E-state index contributed by atoms with van der Waals surface area (Å²) in [4.78, 5) is 0. The van der Waals surface area contributed by atoms with Crippen LogP contribution in [0.2, 0.25) is 0 Å². The van der Waals surface area contributed by atoms with Gasteiger partial charge < -0.3 is 5.32 Å². The van der Waals surface area contributed by atoms with E-state index in [1.54, 1.807) is 11.8 Å². The maximum absolute atomic E-state index is 4.24. The summed E-state index contributed by atoms with van der Waals surface area (Å²) in [5.74, 6) is 0. The summed E-state index contributed by atoms with van der Waals surface area (Å²) in [6, 6.07) is 0. The number of thiol groups is 1. The molecule has 0 fully saturated rings. The molecule has 40 valence electrons. The van der Waals surface area contributed by atoms with E-state index < -0.39 is 0 Å². The van der Waals surface area contributed by atoms with Crippen molar-refractivity contribution >= 4 is 24.4 Å². The molecule has 0 aromatic carbocycles. The van der Waals surface area contributed by atoms with Gasteiger partial charge in [-0.2, -0.15) is 0 Å². The lowest BCUT2D eigenvalue weighted by Crippen LogP contribution is -2.23. The smallest absolute Gasteiger partial charge is 0.128 e. The molecule has 0 saturated heterocycles. The Morgan fingerprint density at radius 1 is 1.86 bits per heavy atom. The van der Waals surface area contributed by atoms with Crippen molar-refractivity contribution in [3.63, 3.8) is 0 Å². The van der Waals surface area contributed by atoms with Crippen molar-refractivity contribution in [3.8, 4) is 0 Å². The van der Waals surface area contributed by atoms with E-state index in [-0.39, 0.29) is 4.20 Å². The van der Waals surface area contributed by atoms with E-state index in [1.165, 1.54) is 0 Å². The third-order valence-electron chi connectivity index (χ3n) is 0.717. The molecule has 1 aliphatic rings. The summed E-state index contributed by atoms with van der Waals surface area (Å²) in [7, 11) is 0. The molecule has 7 heavy (non-hydrogen) atoms. The van der Waals surface area contributed by atoms with Crippen LogP contribution in [0.25, 0.3) is 0 Å². The largest absolute Gasteiger partial charge is 0.368 e. The third kappa shape index (κ3) is 1.31. The summed E-state index contributed by atoms with van der Waals surface area (Å²) in [5.41, 5.74) is 0. The van der Waals surface area contributed by atoms with Crippen molar-refractivity contribution in [2.45, 2.75) is 11.1 Å². The predicted octanol–water partition coefficient (Wildman–Crippen LogP) is 1.40. The lowest BCUT2D eigenvalue weighted by atomic mass is 10.7. The zero-order valence-electron chi connectivity index (χ0n) is 4.01. The Balaban J connectivity index is 2.49. The van der Waals surface area contributed by atoms with E-state index in [0.717, 1.165) is 0 Å². The molecule has 1 aliphatic heterocycles. The molecule has 1 rings (SSSR count). The second kappa shape index (κ2) is 1.63. The van der Waals surface area contributed by atoms with Gasteiger partial charge >= 0.3 is 0 Å². The van der Waals surface area contributed by atoms with Crippen LogP contribution in [-0.4, -0.2) is 4.20 Å². The van der Waals surface area contributed by atoms with Gasteiger partial charge in [0.2, 0.25) is 0 Å². The molecule has 0 spiro atoms. The lowest BCUT2D eigenvalue weighted by molar-refractivity contribution is 0.820. The van der Waals surface area contributed by atoms with Gasteiger partial charge in [-0.1, -0.05) is 11.8 Å². The SMILES string of the molecule is CC1(S)NC=CS1. The predicted molar refractivity (Wildman–Crippen MR) is 37.3 cm³/mol. The molecule has 3 heteroatoms. The summed E-state index contributed by atoms with van der Waals surface area (Å²) in [6.07, 6.45) is 1.90. The number of hydrogen-bond acceptors (Lipinski definition) is 3. The van der Waals surface area contributed by atoms with Gasteiger partial charge in [-0.15, -0.1) is 12.6 Å². The molecule has 0 saturated carbocycles. The van der Waals surface area contributed by atoms with Gasteiger partial charge in [0.05, 0.1) is 0 Å². The highest BCUT2D eigenvalue weighted by Crippen LogP contribution is 2.30. The van der Waals surface area contributed by atoms with E-state index in [4.69, 9.17) is 0 Å². The fourth-order valence-corrected chi connectivity index (χ4v) is 1.18. The average molecular weight is 133 g/mol. The van der Waals surface area contributed by atoms with Crippen LogP contribution in [0.5, 0.6) is 0 Å². The zero-order chi connectivity index (χ0) is 5.33. The van der Waals surface area contributed by atoms with Gasteiger partial charge in [-0.25, -0.2) is 0 Å². The van der Waals surface area contributed by atoms with Crippen LogP contribution in [-0.2, 0) is 0 Å². The van der Waals surface area contributed by atoms with Gasteiger partial charge in [0.15, 0.2) is 0 Å². The molecular weight excluding hydrogens is 126 g/mol. The van der Waals surface area contributed by atoms with Crippen LogP contribution in [0.1, 0.15) is 6.92 Å². The summed E-state index contributed by atoms with van der Waals surface area (Å²) >= 11 is 5.91. The Morgan fingerprint density at radius 3 is 2.71 bits per heavy atom. The van der Waals surface area contributed by atoms with Crippen molar-refractivity contribution in [1.82, 2.24) is 5.32 Å². The molecule has 1 N–H and O–H groups in total. The molecule has 0 aliphatic carbocycles. The normalized spacial score (nSPS) is 38.6. The minimum atomic E-state index is -0.0556. The molecule has 0 aromatic rings. The second-order valence-electron chi connectivity index (χ2n) is 1.55. The number of hydrogen-bond donors (Lipinski definition) is 2.